The van der Waals surface area contributed by atoms with E-state index in [1.165, 1.54) is 30.2 Å². The Morgan fingerprint density at radius 2 is 1.78 bits per heavy atom. The number of halogens is 4. The highest BCUT2D eigenvalue weighted by molar-refractivity contribution is 9.10. The van der Waals surface area contributed by atoms with E-state index in [9.17, 15) is 18.0 Å². The SMILES string of the molecule is O=C(c1sccc1Oc1ccc(C(F)(F)F)cc1Br)N1CCN(C2CC2)c2ccccc21. The number of nitrogens with zero attached hydrogens (tertiary/aromatic N) is 2. The topological polar surface area (TPSA) is 32.8 Å². The van der Waals surface area contributed by atoms with Crippen molar-refractivity contribution >= 4 is 44.5 Å². The van der Waals surface area contributed by atoms with Gasteiger partial charge in [0.15, 0.2) is 5.75 Å². The molecule has 1 aromatic heterocycles. The first kappa shape index (κ1) is 21.3. The van der Waals surface area contributed by atoms with Crippen molar-refractivity contribution in [3.05, 3.63) is 68.8 Å². The number of carbonyl (C=O) groups excluding carboxylic acids is 1. The van der Waals surface area contributed by atoms with Crippen molar-refractivity contribution in [2.75, 3.05) is 22.9 Å². The summed E-state index contributed by atoms with van der Waals surface area (Å²) in [6.45, 7) is 1.33. The Morgan fingerprint density at radius 3 is 2.47 bits per heavy atom. The normalized spacial score (nSPS) is 16.1. The van der Waals surface area contributed by atoms with Crippen LogP contribution in [0.5, 0.6) is 11.5 Å². The molecule has 5 rings (SSSR count). The molecule has 4 nitrogen and oxygen atoms in total. The number of thiophene rings is 1. The molecule has 1 fully saturated rings. The first-order valence-corrected chi connectivity index (χ1v) is 11.8. The third kappa shape index (κ3) is 3.99. The number of amides is 1. The highest BCUT2D eigenvalue weighted by Gasteiger charge is 2.36. The highest BCUT2D eigenvalue weighted by atomic mass is 79.9. The Kier molecular flexibility index (Phi) is 5.41. The van der Waals surface area contributed by atoms with Gasteiger partial charge in [-0.05, 0) is 70.5 Å². The fourth-order valence-electron chi connectivity index (χ4n) is 3.90. The average Bonchev–Trinajstić information content (AvgIpc) is 3.51. The molecule has 0 spiro atoms. The van der Waals surface area contributed by atoms with E-state index in [0.29, 0.717) is 23.2 Å². The number of hydrogen-bond acceptors (Lipinski definition) is 4. The third-order valence-electron chi connectivity index (χ3n) is 5.58. The van der Waals surface area contributed by atoms with Crippen molar-refractivity contribution in [1.82, 2.24) is 0 Å². The van der Waals surface area contributed by atoms with Gasteiger partial charge < -0.3 is 14.5 Å². The lowest BCUT2D eigenvalue weighted by Crippen LogP contribution is -2.44. The molecule has 2 aliphatic rings. The highest BCUT2D eigenvalue weighted by Crippen LogP contribution is 2.42. The third-order valence-corrected chi connectivity index (χ3v) is 7.09. The van der Waals surface area contributed by atoms with Crippen LogP contribution in [-0.4, -0.2) is 25.0 Å². The summed E-state index contributed by atoms with van der Waals surface area (Å²) < 4.78 is 44.8. The number of carbonyl (C=O) groups is 1. The second-order valence-corrected chi connectivity index (χ2v) is 9.50. The predicted octanol–water partition coefficient (Wildman–Crippen LogP) is 6.95. The van der Waals surface area contributed by atoms with Crippen molar-refractivity contribution in [2.24, 2.45) is 0 Å². The van der Waals surface area contributed by atoms with Crippen molar-refractivity contribution in [2.45, 2.75) is 25.1 Å². The fourth-order valence-corrected chi connectivity index (χ4v) is 5.12. The molecule has 0 saturated heterocycles. The van der Waals surface area contributed by atoms with Crippen LogP contribution in [0.3, 0.4) is 0 Å². The summed E-state index contributed by atoms with van der Waals surface area (Å²) in [7, 11) is 0. The number of benzene rings is 2. The minimum absolute atomic E-state index is 0.167. The van der Waals surface area contributed by atoms with Crippen LogP contribution in [0.4, 0.5) is 24.5 Å². The van der Waals surface area contributed by atoms with Gasteiger partial charge in [-0.2, -0.15) is 13.2 Å². The Labute approximate surface area is 195 Å². The number of rotatable bonds is 4. The summed E-state index contributed by atoms with van der Waals surface area (Å²) in [5.41, 5.74) is 1.15. The Bertz CT molecular complexity index is 1180. The lowest BCUT2D eigenvalue weighted by Gasteiger charge is -2.37. The average molecular weight is 523 g/mol. The summed E-state index contributed by atoms with van der Waals surface area (Å²) in [6.07, 6.45) is -2.10. The van der Waals surface area contributed by atoms with Gasteiger partial charge in [-0.3, -0.25) is 4.79 Å². The molecule has 9 heteroatoms. The predicted molar refractivity (Wildman–Crippen MR) is 122 cm³/mol. The first-order chi connectivity index (χ1) is 15.3. The standard InChI is InChI=1S/C23H18BrF3N2O2S/c24-16-13-14(23(25,26)27)5-8-19(16)31-20-9-12-32-21(20)22(30)29-11-10-28(15-6-7-15)17-3-1-2-4-18(17)29/h1-5,8-9,12-13,15H,6-7,10-11H2. The van der Waals surface area contributed by atoms with Gasteiger partial charge in [0, 0.05) is 19.1 Å². The summed E-state index contributed by atoms with van der Waals surface area (Å²) >= 11 is 4.40. The molecule has 0 radical (unpaired) electrons. The maximum absolute atomic E-state index is 13.5. The zero-order valence-corrected chi connectivity index (χ0v) is 19.1. The molecule has 1 saturated carbocycles. The maximum Gasteiger partial charge on any atom is 0.416 e. The molecule has 1 amide bonds. The molecule has 0 atom stereocenters. The molecule has 32 heavy (non-hydrogen) atoms. The molecule has 3 aromatic rings. The monoisotopic (exact) mass is 522 g/mol. The smallest absolute Gasteiger partial charge is 0.416 e. The van der Waals surface area contributed by atoms with E-state index in [-0.39, 0.29) is 16.1 Å². The molecule has 1 aliphatic carbocycles. The maximum atomic E-state index is 13.5. The van der Waals surface area contributed by atoms with Gasteiger partial charge in [0.1, 0.15) is 10.6 Å². The van der Waals surface area contributed by atoms with Crippen LogP contribution >= 0.6 is 27.3 Å². The number of anilines is 2. The van der Waals surface area contributed by atoms with E-state index in [0.717, 1.165) is 30.1 Å². The first-order valence-electron chi connectivity index (χ1n) is 10.1. The lowest BCUT2D eigenvalue weighted by atomic mass is 10.1. The number of para-hydroxylation sites is 2. The van der Waals surface area contributed by atoms with Gasteiger partial charge in [-0.25, -0.2) is 0 Å². The zero-order chi connectivity index (χ0) is 22.5. The quantitative estimate of drug-likeness (QED) is 0.371. The molecular formula is C23H18BrF3N2O2S. The Morgan fingerprint density at radius 1 is 1.03 bits per heavy atom. The minimum Gasteiger partial charge on any atom is -0.454 e. The number of hydrogen-bond donors (Lipinski definition) is 0. The van der Waals surface area contributed by atoms with Crippen LogP contribution in [0.1, 0.15) is 28.1 Å². The van der Waals surface area contributed by atoms with Gasteiger partial charge in [-0.15, -0.1) is 11.3 Å². The van der Waals surface area contributed by atoms with E-state index in [1.807, 2.05) is 24.3 Å². The molecule has 2 heterocycles. The zero-order valence-electron chi connectivity index (χ0n) is 16.7. The number of alkyl halides is 3. The van der Waals surface area contributed by atoms with Gasteiger partial charge >= 0.3 is 6.18 Å². The molecule has 166 valence electrons. The Balaban J connectivity index is 1.41. The lowest BCUT2D eigenvalue weighted by molar-refractivity contribution is -0.137. The van der Waals surface area contributed by atoms with E-state index in [4.69, 9.17) is 4.74 Å². The van der Waals surface area contributed by atoms with Gasteiger partial charge in [-0.1, -0.05) is 12.1 Å². The molecule has 2 aromatic carbocycles. The summed E-state index contributed by atoms with van der Waals surface area (Å²) in [4.78, 5) is 18.0. The van der Waals surface area contributed by atoms with E-state index in [2.05, 4.69) is 20.8 Å². The van der Waals surface area contributed by atoms with Crippen LogP contribution in [0.15, 0.2) is 58.4 Å². The fraction of sp³-hybridized carbons (Fsp3) is 0.261. The van der Waals surface area contributed by atoms with Crippen LogP contribution in [0, 0.1) is 0 Å². The van der Waals surface area contributed by atoms with Gasteiger partial charge in [0.25, 0.3) is 5.91 Å². The van der Waals surface area contributed by atoms with E-state index in [1.54, 1.807) is 16.3 Å². The molecule has 0 unspecified atom stereocenters. The van der Waals surface area contributed by atoms with Crippen molar-refractivity contribution in [3.63, 3.8) is 0 Å². The largest absolute Gasteiger partial charge is 0.454 e. The van der Waals surface area contributed by atoms with Crippen molar-refractivity contribution in [3.8, 4) is 11.5 Å². The van der Waals surface area contributed by atoms with Crippen molar-refractivity contribution < 1.29 is 22.7 Å². The summed E-state index contributed by atoms with van der Waals surface area (Å²) in [6, 6.07) is 13.3. The molecular weight excluding hydrogens is 505 g/mol. The number of fused-ring (bicyclic) bond motifs is 1. The van der Waals surface area contributed by atoms with Crippen LogP contribution in [-0.2, 0) is 6.18 Å². The van der Waals surface area contributed by atoms with Crippen LogP contribution < -0.4 is 14.5 Å². The van der Waals surface area contributed by atoms with E-state index >= 15 is 0 Å². The molecule has 1 aliphatic heterocycles. The second kappa shape index (κ2) is 8.12. The van der Waals surface area contributed by atoms with Gasteiger partial charge in [0.05, 0.1) is 21.4 Å². The summed E-state index contributed by atoms with van der Waals surface area (Å²) in [5.74, 6) is 0.355. The van der Waals surface area contributed by atoms with Gasteiger partial charge in [0.2, 0.25) is 0 Å². The summed E-state index contributed by atoms with van der Waals surface area (Å²) in [5, 5.41) is 1.74. The number of ether oxygens (including phenoxy) is 1. The second-order valence-electron chi connectivity index (χ2n) is 7.73. The Hall–Kier alpha value is -2.52. The minimum atomic E-state index is -4.44. The van der Waals surface area contributed by atoms with Crippen LogP contribution in [0.2, 0.25) is 0 Å². The van der Waals surface area contributed by atoms with E-state index < -0.39 is 11.7 Å². The molecule has 0 bridgehead atoms. The van der Waals surface area contributed by atoms with Crippen LogP contribution in [0.25, 0.3) is 0 Å². The van der Waals surface area contributed by atoms with Crippen molar-refractivity contribution in [1.29, 1.82) is 0 Å². The molecule has 0 N–H and O–H groups in total.